The zero-order valence-electron chi connectivity index (χ0n) is 10.5. The van der Waals surface area contributed by atoms with E-state index in [1.807, 2.05) is 6.92 Å². The van der Waals surface area contributed by atoms with E-state index < -0.39 is 23.0 Å². The van der Waals surface area contributed by atoms with Crippen LogP contribution in [0.3, 0.4) is 0 Å². The molecular formula is C15H12O5. The first-order chi connectivity index (χ1) is 9.40. The fraction of sp³-hybridized carbons (Fsp3) is 0.0667. The molecule has 0 heterocycles. The summed E-state index contributed by atoms with van der Waals surface area (Å²) in [7, 11) is 0. The van der Waals surface area contributed by atoms with Crippen molar-refractivity contribution in [2.24, 2.45) is 0 Å². The number of phenolic OH excluding ortho intramolecular Hbond substituents is 5. The summed E-state index contributed by atoms with van der Waals surface area (Å²) in [5, 5.41) is 50.2. The first-order valence-electron chi connectivity index (χ1n) is 5.93. The molecule has 0 radical (unpaired) electrons. The number of hydrogen-bond donors (Lipinski definition) is 5. The highest BCUT2D eigenvalue weighted by molar-refractivity contribution is 6.07. The van der Waals surface area contributed by atoms with Gasteiger partial charge in [0.1, 0.15) is 5.75 Å². The third kappa shape index (κ3) is 1.50. The van der Waals surface area contributed by atoms with Gasteiger partial charge in [-0.05, 0) is 36.1 Å². The van der Waals surface area contributed by atoms with Crippen LogP contribution in [0, 0.1) is 6.92 Å². The van der Waals surface area contributed by atoms with Gasteiger partial charge in [-0.2, -0.15) is 0 Å². The molecule has 0 spiro atoms. The molecule has 102 valence electrons. The lowest BCUT2D eigenvalue weighted by Crippen LogP contribution is -1.83. The summed E-state index contributed by atoms with van der Waals surface area (Å²) in [5.74, 6) is -2.59. The second-order valence-electron chi connectivity index (χ2n) is 4.80. The number of aromatic hydroxyl groups is 5. The summed E-state index contributed by atoms with van der Waals surface area (Å²) >= 11 is 0. The smallest absolute Gasteiger partial charge is 0.204 e. The van der Waals surface area contributed by atoms with Crippen molar-refractivity contribution < 1.29 is 25.5 Å². The molecule has 0 aliphatic heterocycles. The summed E-state index contributed by atoms with van der Waals surface area (Å²) in [6.07, 6.45) is 0. The molecule has 5 nitrogen and oxygen atoms in total. The highest BCUT2D eigenvalue weighted by Gasteiger charge is 2.19. The first-order valence-corrected chi connectivity index (χ1v) is 5.93. The molecule has 20 heavy (non-hydrogen) atoms. The number of hydrogen-bond acceptors (Lipinski definition) is 5. The van der Waals surface area contributed by atoms with E-state index in [-0.39, 0.29) is 16.5 Å². The van der Waals surface area contributed by atoms with Crippen molar-refractivity contribution in [2.45, 2.75) is 6.92 Å². The Bertz CT molecular complexity index is 868. The zero-order valence-corrected chi connectivity index (χ0v) is 10.5. The van der Waals surface area contributed by atoms with Crippen LogP contribution in [0.15, 0.2) is 24.3 Å². The summed E-state index contributed by atoms with van der Waals surface area (Å²) in [5.41, 5.74) is 0.834. The van der Waals surface area contributed by atoms with E-state index in [1.54, 1.807) is 12.1 Å². The summed E-state index contributed by atoms with van der Waals surface area (Å²) < 4.78 is 0. The van der Waals surface area contributed by atoms with E-state index in [0.29, 0.717) is 10.8 Å². The van der Waals surface area contributed by atoms with Crippen molar-refractivity contribution in [3.8, 4) is 28.7 Å². The van der Waals surface area contributed by atoms with Crippen LogP contribution >= 0.6 is 0 Å². The highest BCUT2D eigenvalue weighted by Crippen LogP contribution is 2.49. The van der Waals surface area contributed by atoms with Crippen molar-refractivity contribution in [3.63, 3.8) is 0 Å². The molecule has 3 aromatic carbocycles. The Morgan fingerprint density at radius 1 is 0.600 bits per heavy atom. The van der Waals surface area contributed by atoms with Gasteiger partial charge in [-0.15, -0.1) is 0 Å². The van der Waals surface area contributed by atoms with Crippen LogP contribution in [0.2, 0.25) is 0 Å². The van der Waals surface area contributed by atoms with Crippen molar-refractivity contribution in [3.05, 3.63) is 29.8 Å². The van der Waals surface area contributed by atoms with Crippen LogP contribution in [-0.2, 0) is 0 Å². The van der Waals surface area contributed by atoms with E-state index in [4.69, 9.17) is 0 Å². The lowest BCUT2D eigenvalue weighted by atomic mass is 9.99. The van der Waals surface area contributed by atoms with E-state index in [1.165, 1.54) is 12.1 Å². The molecule has 3 rings (SSSR count). The van der Waals surface area contributed by atoms with Crippen LogP contribution in [-0.4, -0.2) is 25.5 Å². The monoisotopic (exact) mass is 272 g/mol. The summed E-state index contributed by atoms with van der Waals surface area (Å²) in [6, 6.07) is 6.36. The molecule has 0 amide bonds. The molecule has 0 aromatic heterocycles. The van der Waals surface area contributed by atoms with Gasteiger partial charge in [0.25, 0.3) is 0 Å². The summed E-state index contributed by atoms with van der Waals surface area (Å²) in [4.78, 5) is 0. The van der Waals surface area contributed by atoms with Gasteiger partial charge in [0.2, 0.25) is 11.5 Å². The molecule has 0 aliphatic carbocycles. The standard InChI is InChI=1S/C15H12O5/c1-6-2-7-4-9-10(5-8(7)11(16)3-6)13(18)15(20)14(19)12(9)17/h2-5,16-20H,1H3. The number of rotatable bonds is 0. The van der Waals surface area contributed by atoms with Gasteiger partial charge < -0.3 is 25.5 Å². The quantitative estimate of drug-likeness (QED) is 0.246. The van der Waals surface area contributed by atoms with Gasteiger partial charge in [-0.1, -0.05) is 6.07 Å². The van der Waals surface area contributed by atoms with Crippen molar-refractivity contribution in [2.75, 3.05) is 0 Å². The van der Waals surface area contributed by atoms with Gasteiger partial charge in [-0.3, -0.25) is 0 Å². The van der Waals surface area contributed by atoms with Gasteiger partial charge in [-0.25, -0.2) is 0 Å². The maximum Gasteiger partial charge on any atom is 0.204 e. The molecule has 0 fully saturated rings. The molecular weight excluding hydrogens is 260 g/mol. The maximum absolute atomic E-state index is 9.94. The minimum Gasteiger partial charge on any atom is -0.507 e. The Kier molecular flexibility index (Phi) is 2.34. The molecule has 3 aromatic rings. The average molecular weight is 272 g/mol. The lowest BCUT2D eigenvalue weighted by molar-refractivity contribution is 0.351. The second kappa shape index (κ2) is 3.84. The fourth-order valence-electron chi connectivity index (χ4n) is 2.41. The summed E-state index contributed by atoms with van der Waals surface area (Å²) in [6.45, 7) is 1.81. The van der Waals surface area contributed by atoms with E-state index >= 15 is 0 Å². The predicted octanol–water partition coefficient (Wildman–Crippen LogP) is 2.83. The zero-order chi connectivity index (χ0) is 14.6. The van der Waals surface area contributed by atoms with Crippen LogP contribution in [0.4, 0.5) is 0 Å². The minimum atomic E-state index is -0.791. The Morgan fingerprint density at radius 3 is 1.75 bits per heavy atom. The maximum atomic E-state index is 9.94. The van der Waals surface area contributed by atoms with Crippen molar-refractivity contribution >= 4 is 21.5 Å². The Balaban J connectivity index is 2.58. The minimum absolute atomic E-state index is 0.0355. The predicted molar refractivity (Wildman–Crippen MR) is 74.5 cm³/mol. The van der Waals surface area contributed by atoms with Gasteiger partial charge in [0, 0.05) is 16.2 Å². The van der Waals surface area contributed by atoms with Crippen LogP contribution in [0.1, 0.15) is 5.56 Å². The van der Waals surface area contributed by atoms with Crippen molar-refractivity contribution in [1.29, 1.82) is 0 Å². The molecule has 5 heteroatoms. The highest BCUT2D eigenvalue weighted by atomic mass is 16.3. The third-order valence-corrected chi connectivity index (χ3v) is 3.40. The first kappa shape index (κ1) is 12.2. The number of fused-ring (bicyclic) bond motifs is 2. The van der Waals surface area contributed by atoms with E-state index in [0.717, 1.165) is 5.56 Å². The molecule has 5 N–H and O–H groups in total. The number of phenols is 5. The van der Waals surface area contributed by atoms with Gasteiger partial charge in [0.15, 0.2) is 11.5 Å². The molecule has 0 atom stereocenters. The normalized spacial score (nSPS) is 11.2. The Morgan fingerprint density at radius 2 is 1.15 bits per heavy atom. The van der Waals surface area contributed by atoms with Gasteiger partial charge in [0.05, 0.1) is 0 Å². The SMILES string of the molecule is Cc1cc(O)c2cc3c(O)c(O)c(O)c(O)c3cc2c1. The number of benzene rings is 3. The van der Waals surface area contributed by atoms with Crippen molar-refractivity contribution in [1.82, 2.24) is 0 Å². The number of aryl methyl sites for hydroxylation is 1. The van der Waals surface area contributed by atoms with Crippen LogP contribution in [0.5, 0.6) is 28.7 Å². The Hall–Kier alpha value is -2.82. The fourth-order valence-corrected chi connectivity index (χ4v) is 2.41. The Labute approximate surface area is 113 Å². The molecule has 0 saturated heterocycles. The third-order valence-electron chi connectivity index (χ3n) is 3.40. The lowest BCUT2D eigenvalue weighted by Gasteiger charge is -2.11. The van der Waals surface area contributed by atoms with Crippen LogP contribution < -0.4 is 0 Å². The molecule has 0 bridgehead atoms. The van der Waals surface area contributed by atoms with Gasteiger partial charge >= 0.3 is 0 Å². The molecule has 0 saturated carbocycles. The van der Waals surface area contributed by atoms with E-state index in [9.17, 15) is 25.5 Å². The largest absolute Gasteiger partial charge is 0.507 e. The van der Waals surface area contributed by atoms with Crippen LogP contribution in [0.25, 0.3) is 21.5 Å². The second-order valence-corrected chi connectivity index (χ2v) is 4.80. The topological polar surface area (TPSA) is 101 Å². The molecule has 0 unspecified atom stereocenters. The average Bonchev–Trinajstić information content (AvgIpc) is 2.41. The van der Waals surface area contributed by atoms with E-state index in [2.05, 4.69) is 0 Å². The molecule has 0 aliphatic rings.